The van der Waals surface area contributed by atoms with Crippen molar-refractivity contribution in [2.24, 2.45) is 0 Å². The lowest BCUT2D eigenvalue weighted by molar-refractivity contribution is 0.661. The molecule has 0 atom stereocenters. The van der Waals surface area contributed by atoms with Gasteiger partial charge in [-0.2, -0.15) is 0 Å². The zero-order valence-electron chi connectivity index (χ0n) is 14.3. The van der Waals surface area contributed by atoms with Crippen LogP contribution in [0.5, 0.6) is 0 Å². The van der Waals surface area contributed by atoms with E-state index in [0.717, 1.165) is 8.95 Å². The van der Waals surface area contributed by atoms with Crippen LogP contribution in [-0.4, -0.2) is 0 Å². The van der Waals surface area contributed by atoms with Crippen LogP contribution in [0.2, 0.25) is 0 Å². The van der Waals surface area contributed by atoms with Gasteiger partial charge in [0.1, 0.15) is 0 Å². The molecular formula is C23H15Br3. The first-order valence-corrected chi connectivity index (χ1v) is 10.9. The standard InChI is InChI=1S/C23H15Br3/c1-23(2)19-9-12(24)7-8-13(19)16-10-17-18(11-20(16)23)22(26)15-6-4-3-5-14(15)21(17)25/h3-11H,1-2H3. The minimum atomic E-state index is -0.0137. The Morgan fingerprint density at radius 3 is 1.85 bits per heavy atom. The van der Waals surface area contributed by atoms with E-state index in [1.807, 2.05) is 0 Å². The molecule has 0 aromatic heterocycles. The Morgan fingerprint density at radius 2 is 1.19 bits per heavy atom. The predicted octanol–water partition coefficient (Wildman–Crippen LogP) is 8.59. The van der Waals surface area contributed by atoms with Crippen molar-refractivity contribution < 1.29 is 0 Å². The Kier molecular flexibility index (Phi) is 3.70. The third-order valence-electron chi connectivity index (χ3n) is 5.65. The molecule has 0 fully saturated rings. The minimum absolute atomic E-state index is 0.0137. The average molecular weight is 531 g/mol. The van der Waals surface area contributed by atoms with Gasteiger partial charge in [0, 0.05) is 18.8 Å². The molecule has 0 N–H and O–H groups in total. The highest BCUT2D eigenvalue weighted by Gasteiger charge is 2.36. The molecule has 0 bridgehead atoms. The number of fused-ring (bicyclic) bond motifs is 5. The van der Waals surface area contributed by atoms with Crippen LogP contribution in [-0.2, 0) is 5.41 Å². The molecule has 0 saturated carbocycles. The topological polar surface area (TPSA) is 0 Å². The summed E-state index contributed by atoms with van der Waals surface area (Å²) >= 11 is 11.4. The molecule has 0 unspecified atom stereocenters. The summed E-state index contributed by atoms with van der Waals surface area (Å²) in [6, 6.07) is 19.9. The van der Waals surface area contributed by atoms with Crippen molar-refractivity contribution in [3.8, 4) is 11.1 Å². The highest BCUT2D eigenvalue weighted by molar-refractivity contribution is 9.11. The quantitative estimate of drug-likeness (QED) is 0.200. The lowest BCUT2D eigenvalue weighted by atomic mass is 9.82. The van der Waals surface area contributed by atoms with Crippen molar-refractivity contribution in [1.82, 2.24) is 0 Å². The first-order chi connectivity index (χ1) is 12.4. The minimum Gasteiger partial charge on any atom is -0.0616 e. The third-order valence-corrected chi connectivity index (χ3v) is 7.85. The molecule has 1 aliphatic rings. The van der Waals surface area contributed by atoms with E-state index in [2.05, 4.69) is 116 Å². The molecule has 5 rings (SSSR count). The molecule has 0 spiro atoms. The van der Waals surface area contributed by atoms with Crippen LogP contribution in [0, 0.1) is 0 Å². The van der Waals surface area contributed by atoms with Gasteiger partial charge in [-0.15, -0.1) is 0 Å². The van der Waals surface area contributed by atoms with Crippen molar-refractivity contribution in [2.45, 2.75) is 19.3 Å². The summed E-state index contributed by atoms with van der Waals surface area (Å²) in [6.07, 6.45) is 0. The highest BCUT2D eigenvalue weighted by Crippen LogP contribution is 2.52. The molecule has 4 aromatic rings. The van der Waals surface area contributed by atoms with E-state index in [4.69, 9.17) is 0 Å². The number of hydrogen-bond donors (Lipinski definition) is 0. The third kappa shape index (κ3) is 2.17. The summed E-state index contributed by atoms with van der Waals surface area (Å²) in [6.45, 7) is 4.64. The normalized spacial score (nSPS) is 14.7. The van der Waals surface area contributed by atoms with Crippen LogP contribution in [0.25, 0.3) is 32.7 Å². The smallest absolute Gasteiger partial charge is 0.0333 e. The molecule has 0 amide bonds. The average Bonchev–Trinajstić information content (AvgIpc) is 2.85. The molecule has 0 aliphatic heterocycles. The molecular weight excluding hydrogens is 516 g/mol. The fourth-order valence-corrected chi connectivity index (χ4v) is 5.98. The van der Waals surface area contributed by atoms with Crippen LogP contribution < -0.4 is 0 Å². The van der Waals surface area contributed by atoms with E-state index in [1.165, 1.54) is 48.3 Å². The monoisotopic (exact) mass is 528 g/mol. The first kappa shape index (κ1) is 17.0. The lowest BCUT2D eigenvalue weighted by Crippen LogP contribution is -2.15. The summed E-state index contributed by atoms with van der Waals surface area (Å²) < 4.78 is 3.47. The maximum atomic E-state index is 3.88. The van der Waals surface area contributed by atoms with Gasteiger partial charge in [-0.25, -0.2) is 0 Å². The van der Waals surface area contributed by atoms with E-state index in [9.17, 15) is 0 Å². The summed E-state index contributed by atoms with van der Waals surface area (Å²) in [4.78, 5) is 0. The van der Waals surface area contributed by atoms with Gasteiger partial charge in [0.15, 0.2) is 0 Å². The molecule has 3 heteroatoms. The Bertz CT molecular complexity index is 1240. The number of halogens is 3. The van der Waals surface area contributed by atoms with E-state index in [1.54, 1.807) is 0 Å². The molecule has 4 aromatic carbocycles. The lowest BCUT2D eigenvalue weighted by Gasteiger charge is -2.22. The SMILES string of the molecule is CC1(C)c2cc(Br)ccc2-c2cc3c(Br)c4ccccc4c(Br)c3cc21. The van der Waals surface area contributed by atoms with E-state index < -0.39 is 0 Å². The summed E-state index contributed by atoms with van der Waals surface area (Å²) in [7, 11) is 0. The molecule has 0 saturated heterocycles. The molecule has 128 valence electrons. The fourth-order valence-electron chi connectivity index (χ4n) is 4.27. The van der Waals surface area contributed by atoms with E-state index in [0.29, 0.717) is 0 Å². The fraction of sp³-hybridized carbons (Fsp3) is 0.130. The van der Waals surface area contributed by atoms with Crippen LogP contribution in [0.3, 0.4) is 0 Å². The molecule has 0 radical (unpaired) electrons. The van der Waals surface area contributed by atoms with E-state index >= 15 is 0 Å². The second-order valence-electron chi connectivity index (χ2n) is 7.43. The van der Waals surface area contributed by atoms with Crippen molar-refractivity contribution in [1.29, 1.82) is 0 Å². The highest BCUT2D eigenvalue weighted by atomic mass is 79.9. The van der Waals surface area contributed by atoms with Gasteiger partial charge in [-0.1, -0.05) is 60.1 Å². The number of hydrogen-bond acceptors (Lipinski definition) is 0. The zero-order valence-corrected chi connectivity index (χ0v) is 19.1. The summed E-state index contributed by atoms with van der Waals surface area (Å²) in [5, 5.41) is 4.98. The molecule has 0 nitrogen and oxygen atoms in total. The van der Waals surface area contributed by atoms with Crippen LogP contribution >= 0.6 is 47.8 Å². The van der Waals surface area contributed by atoms with Gasteiger partial charge < -0.3 is 0 Å². The largest absolute Gasteiger partial charge is 0.0616 e. The Morgan fingerprint density at radius 1 is 0.615 bits per heavy atom. The van der Waals surface area contributed by atoms with Gasteiger partial charge >= 0.3 is 0 Å². The Balaban J connectivity index is 1.96. The number of rotatable bonds is 0. The predicted molar refractivity (Wildman–Crippen MR) is 122 cm³/mol. The zero-order chi connectivity index (χ0) is 18.2. The van der Waals surface area contributed by atoms with Gasteiger partial charge in [0.25, 0.3) is 0 Å². The van der Waals surface area contributed by atoms with Gasteiger partial charge in [0.2, 0.25) is 0 Å². The van der Waals surface area contributed by atoms with Crippen molar-refractivity contribution in [3.05, 3.63) is 79.1 Å². The summed E-state index contributed by atoms with van der Waals surface area (Å²) in [5.41, 5.74) is 5.44. The maximum absolute atomic E-state index is 3.88. The first-order valence-electron chi connectivity index (χ1n) is 8.54. The summed E-state index contributed by atoms with van der Waals surface area (Å²) in [5.74, 6) is 0. The van der Waals surface area contributed by atoms with Crippen LogP contribution in [0.1, 0.15) is 25.0 Å². The molecule has 0 heterocycles. The maximum Gasteiger partial charge on any atom is 0.0333 e. The van der Waals surface area contributed by atoms with Crippen LogP contribution in [0.4, 0.5) is 0 Å². The van der Waals surface area contributed by atoms with E-state index in [-0.39, 0.29) is 5.41 Å². The van der Waals surface area contributed by atoms with Crippen molar-refractivity contribution in [2.75, 3.05) is 0 Å². The van der Waals surface area contributed by atoms with Crippen molar-refractivity contribution >= 4 is 69.3 Å². The number of benzene rings is 4. The van der Waals surface area contributed by atoms with Gasteiger partial charge in [0.05, 0.1) is 0 Å². The van der Waals surface area contributed by atoms with Gasteiger partial charge in [-0.05, 0) is 99.9 Å². The van der Waals surface area contributed by atoms with Gasteiger partial charge in [-0.3, -0.25) is 0 Å². The van der Waals surface area contributed by atoms with Crippen molar-refractivity contribution in [3.63, 3.8) is 0 Å². The Hall–Kier alpha value is -1.16. The molecule has 26 heavy (non-hydrogen) atoms. The second-order valence-corrected chi connectivity index (χ2v) is 9.93. The molecule has 1 aliphatic carbocycles. The van der Waals surface area contributed by atoms with Crippen LogP contribution in [0.15, 0.2) is 68.0 Å². The Labute approximate surface area is 178 Å². The second kappa shape index (κ2) is 5.67.